The largest absolute Gasteiger partial charge is 0.422 e. The van der Waals surface area contributed by atoms with Crippen LogP contribution in [0.15, 0.2) is 4.42 Å². The van der Waals surface area contributed by atoms with Crippen molar-refractivity contribution in [2.45, 2.75) is 51.0 Å². The molecule has 1 unspecified atom stereocenters. The Bertz CT molecular complexity index is 523. The Kier molecular flexibility index (Phi) is 2.65. The number of aromatic nitrogens is 2. The summed E-state index contributed by atoms with van der Waals surface area (Å²) in [6.07, 6.45) is 8.02. The lowest BCUT2D eigenvalue weighted by Crippen LogP contribution is -2.50. The maximum Gasteiger partial charge on any atom is 0.233 e. The Balaban J connectivity index is 1.61. The second-order valence-corrected chi connectivity index (χ2v) is 7.13. The van der Waals surface area contributed by atoms with Crippen LogP contribution in [0.25, 0.3) is 0 Å². The summed E-state index contributed by atoms with van der Waals surface area (Å²) >= 11 is 0. The van der Waals surface area contributed by atoms with Crippen LogP contribution >= 0.6 is 0 Å². The zero-order valence-electron chi connectivity index (χ0n) is 11.6. The van der Waals surface area contributed by atoms with Gasteiger partial charge in [0.25, 0.3) is 0 Å². The second-order valence-electron chi connectivity index (χ2n) is 7.13. The molecule has 106 valence electrons. The molecule has 0 aliphatic heterocycles. The first kappa shape index (κ1) is 12.3. The van der Waals surface area contributed by atoms with Crippen LogP contribution in [0.5, 0.6) is 0 Å². The van der Waals surface area contributed by atoms with Crippen molar-refractivity contribution in [2.75, 3.05) is 0 Å². The molecule has 1 heterocycles. The zero-order valence-corrected chi connectivity index (χ0v) is 11.6. The Morgan fingerprint density at radius 1 is 1.20 bits per heavy atom. The minimum absolute atomic E-state index is 0.157. The van der Waals surface area contributed by atoms with E-state index in [1.54, 1.807) is 0 Å². The van der Waals surface area contributed by atoms with Crippen LogP contribution in [0.1, 0.15) is 56.3 Å². The molecule has 0 amide bonds. The van der Waals surface area contributed by atoms with Gasteiger partial charge in [0.1, 0.15) is 6.42 Å². The van der Waals surface area contributed by atoms with E-state index in [-0.39, 0.29) is 17.9 Å². The standard InChI is InChI=1S/C15H20N4O/c16-2-1-12-18-19-14(20-12)13(17)15-6-9-3-10(7-15)5-11(4-9)8-15/h9-11,13H,1,3-8,17H2. The Morgan fingerprint density at radius 3 is 2.35 bits per heavy atom. The maximum absolute atomic E-state index is 8.69. The molecule has 4 fully saturated rings. The third kappa shape index (κ3) is 1.78. The second kappa shape index (κ2) is 4.29. The van der Waals surface area contributed by atoms with Crippen LogP contribution in [-0.2, 0) is 6.42 Å². The lowest BCUT2D eigenvalue weighted by molar-refractivity contribution is -0.0719. The van der Waals surface area contributed by atoms with Crippen molar-refractivity contribution in [3.8, 4) is 6.07 Å². The van der Waals surface area contributed by atoms with E-state index >= 15 is 0 Å². The van der Waals surface area contributed by atoms with Crippen molar-refractivity contribution in [2.24, 2.45) is 28.9 Å². The molecule has 5 nitrogen and oxygen atoms in total. The van der Waals surface area contributed by atoms with E-state index in [1.807, 2.05) is 6.07 Å². The first-order valence-corrected chi connectivity index (χ1v) is 7.63. The Morgan fingerprint density at radius 2 is 1.80 bits per heavy atom. The minimum Gasteiger partial charge on any atom is -0.422 e. The highest BCUT2D eigenvalue weighted by molar-refractivity contribution is 5.09. The van der Waals surface area contributed by atoms with Crippen LogP contribution in [0.2, 0.25) is 0 Å². The molecule has 4 aliphatic rings. The topological polar surface area (TPSA) is 88.7 Å². The molecular formula is C15H20N4O. The average Bonchev–Trinajstić information content (AvgIpc) is 2.85. The van der Waals surface area contributed by atoms with Crippen molar-refractivity contribution in [1.29, 1.82) is 5.26 Å². The molecule has 0 aromatic carbocycles. The summed E-state index contributed by atoms with van der Waals surface area (Å²) in [4.78, 5) is 0. The predicted octanol–water partition coefficient (Wildman–Crippen LogP) is 2.35. The van der Waals surface area contributed by atoms with Gasteiger partial charge in [-0.3, -0.25) is 0 Å². The zero-order chi connectivity index (χ0) is 13.7. The van der Waals surface area contributed by atoms with Gasteiger partial charge in [0.05, 0.1) is 12.1 Å². The fourth-order valence-electron chi connectivity index (χ4n) is 5.35. The minimum atomic E-state index is -0.157. The number of hydrogen-bond donors (Lipinski definition) is 1. The normalized spacial score (nSPS) is 39.7. The van der Waals surface area contributed by atoms with E-state index in [0.717, 1.165) is 17.8 Å². The summed E-state index contributed by atoms with van der Waals surface area (Å²) in [5.74, 6) is 3.50. The summed E-state index contributed by atoms with van der Waals surface area (Å²) in [5.41, 5.74) is 6.70. The third-order valence-corrected chi connectivity index (χ3v) is 5.72. The summed E-state index contributed by atoms with van der Waals surface area (Å²) in [7, 11) is 0. The van der Waals surface area contributed by atoms with Crippen molar-refractivity contribution in [3.63, 3.8) is 0 Å². The molecule has 5 rings (SSSR count). The van der Waals surface area contributed by atoms with Gasteiger partial charge in [0.15, 0.2) is 0 Å². The molecule has 1 atom stereocenters. The Labute approximate surface area is 118 Å². The van der Waals surface area contributed by atoms with E-state index in [4.69, 9.17) is 15.4 Å². The summed E-state index contributed by atoms with van der Waals surface area (Å²) in [5, 5.41) is 16.7. The van der Waals surface area contributed by atoms with Gasteiger partial charge in [0.2, 0.25) is 11.8 Å². The summed E-state index contributed by atoms with van der Waals surface area (Å²) in [6, 6.07) is 1.88. The smallest absolute Gasteiger partial charge is 0.233 e. The molecule has 4 aliphatic carbocycles. The first-order valence-electron chi connectivity index (χ1n) is 7.63. The van der Waals surface area contributed by atoms with E-state index < -0.39 is 0 Å². The van der Waals surface area contributed by atoms with E-state index in [0.29, 0.717) is 11.8 Å². The van der Waals surface area contributed by atoms with Crippen LogP contribution in [-0.4, -0.2) is 10.2 Å². The number of nitriles is 1. The molecule has 5 heteroatoms. The van der Waals surface area contributed by atoms with Crippen molar-refractivity contribution >= 4 is 0 Å². The van der Waals surface area contributed by atoms with Gasteiger partial charge >= 0.3 is 0 Å². The van der Waals surface area contributed by atoms with Crippen LogP contribution in [0, 0.1) is 34.5 Å². The molecule has 0 spiro atoms. The molecule has 2 N–H and O–H groups in total. The molecule has 4 saturated carbocycles. The molecule has 0 radical (unpaired) electrons. The Hall–Kier alpha value is -1.41. The van der Waals surface area contributed by atoms with Gasteiger partial charge in [-0.25, -0.2) is 0 Å². The van der Waals surface area contributed by atoms with Crippen molar-refractivity contribution < 1.29 is 4.42 Å². The number of nitrogens with two attached hydrogens (primary N) is 1. The van der Waals surface area contributed by atoms with Gasteiger partial charge in [-0.05, 0) is 61.7 Å². The molecule has 1 aromatic heterocycles. The maximum atomic E-state index is 8.69. The predicted molar refractivity (Wildman–Crippen MR) is 71.1 cm³/mol. The lowest BCUT2D eigenvalue weighted by Gasteiger charge is -2.58. The summed E-state index contributed by atoms with van der Waals surface area (Å²) in [6.45, 7) is 0. The molecule has 4 bridgehead atoms. The van der Waals surface area contributed by atoms with Gasteiger partial charge in [-0.1, -0.05) is 0 Å². The monoisotopic (exact) mass is 272 g/mol. The fraction of sp³-hybridized carbons (Fsp3) is 0.800. The molecule has 0 saturated heterocycles. The fourth-order valence-corrected chi connectivity index (χ4v) is 5.35. The average molecular weight is 272 g/mol. The highest BCUT2D eigenvalue weighted by Gasteiger charge is 2.54. The molecule has 20 heavy (non-hydrogen) atoms. The van der Waals surface area contributed by atoms with E-state index in [9.17, 15) is 0 Å². The molecule has 1 aromatic rings. The van der Waals surface area contributed by atoms with Gasteiger partial charge in [-0.15, -0.1) is 10.2 Å². The SMILES string of the molecule is N#CCc1nnc(C(N)C23CC4CC(CC(C4)C2)C3)o1. The highest BCUT2D eigenvalue weighted by Crippen LogP contribution is 2.63. The first-order chi connectivity index (χ1) is 9.68. The number of nitrogens with zero attached hydrogens (tertiary/aromatic N) is 3. The van der Waals surface area contributed by atoms with E-state index in [2.05, 4.69) is 10.2 Å². The van der Waals surface area contributed by atoms with Crippen molar-refractivity contribution in [1.82, 2.24) is 10.2 Å². The van der Waals surface area contributed by atoms with Crippen LogP contribution in [0.3, 0.4) is 0 Å². The lowest BCUT2D eigenvalue weighted by atomic mass is 9.48. The van der Waals surface area contributed by atoms with Gasteiger partial charge in [-0.2, -0.15) is 5.26 Å². The van der Waals surface area contributed by atoms with Crippen molar-refractivity contribution in [3.05, 3.63) is 11.8 Å². The molecular weight excluding hydrogens is 252 g/mol. The number of hydrogen-bond acceptors (Lipinski definition) is 5. The van der Waals surface area contributed by atoms with Gasteiger partial charge < -0.3 is 10.2 Å². The number of rotatable bonds is 3. The third-order valence-electron chi connectivity index (χ3n) is 5.72. The van der Waals surface area contributed by atoms with Gasteiger partial charge in [0, 0.05) is 0 Å². The highest BCUT2D eigenvalue weighted by atomic mass is 16.4. The summed E-state index contributed by atoms with van der Waals surface area (Å²) < 4.78 is 5.61. The van der Waals surface area contributed by atoms with Crippen LogP contribution in [0.4, 0.5) is 0 Å². The van der Waals surface area contributed by atoms with E-state index in [1.165, 1.54) is 38.5 Å². The van der Waals surface area contributed by atoms with Crippen LogP contribution < -0.4 is 5.73 Å². The quantitative estimate of drug-likeness (QED) is 0.912.